The van der Waals surface area contributed by atoms with Crippen LogP contribution >= 0.6 is 11.6 Å². The van der Waals surface area contributed by atoms with Crippen molar-refractivity contribution in [3.8, 4) is 0 Å². The van der Waals surface area contributed by atoms with E-state index < -0.39 is 5.66 Å². The predicted molar refractivity (Wildman–Crippen MR) is 77.3 cm³/mol. The number of aromatic nitrogens is 3. The molecule has 0 fully saturated rings. The SMILES string of the molecule is CC1(C)NC(=O)c2c(Cl)cc(Cc3ccncn3)c(=O)n21. The first-order valence-corrected chi connectivity index (χ1v) is 6.80. The molecule has 1 aliphatic heterocycles. The number of amides is 1. The Morgan fingerprint density at radius 3 is 2.81 bits per heavy atom. The molecule has 0 bridgehead atoms. The molecule has 1 aliphatic rings. The molecule has 2 aromatic heterocycles. The third kappa shape index (κ3) is 2.21. The van der Waals surface area contributed by atoms with E-state index in [2.05, 4.69) is 15.3 Å². The lowest BCUT2D eigenvalue weighted by atomic mass is 10.1. The molecule has 0 unspecified atom stereocenters. The van der Waals surface area contributed by atoms with Crippen molar-refractivity contribution in [1.29, 1.82) is 0 Å². The number of rotatable bonds is 2. The largest absolute Gasteiger partial charge is 0.328 e. The fourth-order valence-electron chi connectivity index (χ4n) is 2.52. The van der Waals surface area contributed by atoms with Crippen LogP contribution in [0.1, 0.15) is 35.6 Å². The standard InChI is InChI=1S/C14H13ClN4O2/c1-14(2)18-12(20)11-10(15)6-8(13(21)19(11)14)5-9-3-4-16-7-17-9/h3-4,6-7H,5H2,1-2H3,(H,18,20). The molecule has 0 spiro atoms. The summed E-state index contributed by atoms with van der Waals surface area (Å²) in [5.41, 5.74) is 0.379. The first-order valence-electron chi connectivity index (χ1n) is 6.42. The molecular formula is C14H13ClN4O2. The molecular weight excluding hydrogens is 292 g/mol. The van der Waals surface area contributed by atoms with Gasteiger partial charge in [0, 0.05) is 23.9 Å². The molecule has 3 heterocycles. The minimum atomic E-state index is -0.797. The van der Waals surface area contributed by atoms with Crippen molar-refractivity contribution < 1.29 is 4.79 Å². The van der Waals surface area contributed by atoms with E-state index >= 15 is 0 Å². The van der Waals surface area contributed by atoms with Crippen molar-refractivity contribution in [2.75, 3.05) is 0 Å². The van der Waals surface area contributed by atoms with Gasteiger partial charge in [-0.3, -0.25) is 14.2 Å². The van der Waals surface area contributed by atoms with E-state index in [4.69, 9.17) is 11.6 Å². The Morgan fingerprint density at radius 2 is 2.14 bits per heavy atom. The molecule has 0 aromatic carbocycles. The summed E-state index contributed by atoms with van der Waals surface area (Å²) in [6, 6.07) is 3.28. The van der Waals surface area contributed by atoms with Gasteiger partial charge in [0.25, 0.3) is 11.5 Å². The van der Waals surface area contributed by atoms with Crippen molar-refractivity contribution in [3.05, 3.63) is 57.0 Å². The van der Waals surface area contributed by atoms with E-state index in [1.807, 2.05) is 0 Å². The monoisotopic (exact) mass is 304 g/mol. The lowest BCUT2D eigenvalue weighted by Crippen LogP contribution is -2.42. The van der Waals surface area contributed by atoms with Gasteiger partial charge in [0.05, 0.1) is 5.02 Å². The zero-order chi connectivity index (χ0) is 15.2. The first kappa shape index (κ1) is 13.8. The lowest BCUT2D eigenvalue weighted by Gasteiger charge is -2.22. The third-order valence-electron chi connectivity index (χ3n) is 3.44. The predicted octanol–water partition coefficient (Wildman–Crippen LogP) is 1.32. The van der Waals surface area contributed by atoms with Crippen molar-refractivity contribution in [2.45, 2.75) is 25.9 Å². The van der Waals surface area contributed by atoms with Gasteiger partial charge >= 0.3 is 0 Å². The van der Waals surface area contributed by atoms with E-state index in [-0.39, 0.29) is 22.2 Å². The van der Waals surface area contributed by atoms with Crippen LogP contribution in [-0.2, 0) is 12.1 Å². The average molecular weight is 305 g/mol. The second-order valence-corrected chi connectivity index (χ2v) is 5.80. The summed E-state index contributed by atoms with van der Waals surface area (Å²) in [4.78, 5) is 32.5. The highest BCUT2D eigenvalue weighted by molar-refractivity contribution is 6.33. The van der Waals surface area contributed by atoms with Crippen LogP contribution in [0.2, 0.25) is 5.02 Å². The highest BCUT2D eigenvalue weighted by Gasteiger charge is 2.38. The minimum Gasteiger partial charge on any atom is -0.328 e. The molecule has 1 amide bonds. The van der Waals surface area contributed by atoms with Gasteiger partial charge in [0.15, 0.2) is 0 Å². The van der Waals surface area contributed by atoms with Crippen molar-refractivity contribution in [1.82, 2.24) is 19.9 Å². The van der Waals surface area contributed by atoms with Crippen molar-refractivity contribution in [3.63, 3.8) is 0 Å². The minimum absolute atomic E-state index is 0.207. The van der Waals surface area contributed by atoms with Gasteiger partial charge in [-0.25, -0.2) is 9.97 Å². The van der Waals surface area contributed by atoms with Gasteiger partial charge in [-0.1, -0.05) is 11.6 Å². The maximum absolute atomic E-state index is 12.6. The molecule has 6 nitrogen and oxygen atoms in total. The Morgan fingerprint density at radius 1 is 1.38 bits per heavy atom. The van der Waals surface area contributed by atoms with Crippen LogP contribution in [0, 0.1) is 0 Å². The summed E-state index contributed by atoms with van der Waals surface area (Å²) >= 11 is 6.18. The molecule has 0 saturated heterocycles. The van der Waals surface area contributed by atoms with Gasteiger partial charge in [0.2, 0.25) is 0 Å². The van der Waals surface area contributed by atoms with Crippen molar-refractivity contribution in [2.24, 2.45) is 0 Å². The molecule has 3 rings (SSSR count). The molecule has 108 valence electrons. The van der Waals surface area contributed by atoms with Gasteiger partial charge in [-0.05, 0) is 26.0 Å². The van der Waals surface area contributed by atoms with Crippen molar-refractivity contribution >= 4 is 17.5 Å². The molecule has 0 saturated carbocycles. The Labute approximate surface area is 125 Å². The number of halogens is 1. The Bertz CT molecular complexity index is 784. The Hall–Kier alpha value is -2.21. The second-order valence-electron chi connectivity index (χ2n) is 5.40. The summed E-state index contributed by atoms with van der Waals surface area (Å²) in [6.07, 6.45) is 3.38. The normalized spacial score (nSPS) is 15.7. The number of nitrogens with one attached hydrogen (secondary N) is 1. The number of fused-ring (bicyclic) bond motifs is 1. The Balaban J connectivity index is 2.16. The lowest BCUT2D eigenvalue weighted by molar-refractivity contribution is 0.0935. The number of carbonyl (C=O) groups is 1. The van der Waals surface area contributed by atoms with Gasteiger partial charge in [-0.2, -0.15) is 0 Å². The maximum Gasteiger partial charge on any atom is 0.271 e. The number of nitrogens with zero attached hydrogens (tertiary/aromatic N) is 3. The summed E-state index contributed by atoms with van der Waals surface area (Å²) in [5.74, 6) is -0.337. The van der Waals surface area contributed by atoms with E-state index in [0.717, 1.165) is 0 Å². The summed E-state index contributed by atoms with van der Waals surface area (Å²) in [5, 5.41) is 3.01. The number of carbonyl (C=O) groups excluding carboxylic acids is 1. The summed E-state index contributed by atoms with van der Waals surface area (Å²) in [6.45, 7) is 3.52. The fraction of sp³-hybridized carbons (Fsp3) is 0.286. The highest BCUT2D eigenvalue weighted by Crippen LogP contribution is 2.26. The highest BCUT2D eigenvalue weighted by atomic mass is 35.5. The van der Waals surface area contributed by atoms with Crippen LogP contribution in [0.4, 0.5) is 0 Å². The van der Waals surface area contributed by atoms with Crippen LogP contribution in [-0.4, -0.2) is 20.4 Å². The molecule has 0 atom stereocenters. The van der Waals surface area contributed by atoms with Gasteiger partial charge < -0.3 is 5.32 Å². The fourth-order valence-corrected chi connectivity index (χ4v) is 2.82. The average Bonchev–Trinajstić information content (AvgIpc) is 2.67. The van der Waals surface area contributed by atoms with E-state index in [1.165, 1.54) is 10.9 Å². The first-order chi connectivity index (χ1) is 9.90. The van der Waals surface area contributed by atoms with E-state index in [9.17, 15) is 9.59 Å². The quantitative estimate of drug-likeness (QED) is 0.908. The van der Waals surface area contributed by atoms with E-state index in [0.29, 0.717) is 17.7 Å². The number of pyridine rings is 1. The maximum atomic E-state index is 12.6. The molecule has 7 heteroatoms. The van der Waals surface area contributed by atoms with Crippen LogP contribution in [0.5, 0.6) is 0 Å². The van der Waals surface area contributed by atoms with Crippen LogP contribution in [0.15, 0.2) is 29.5 Å². The van der Waals surface area contributed by atoms with Gasteiger partial charge in [-0.15, -0.1) is 0 Å². The molecule has 1 N–H and O–H groups in total. The molecule has 0 radical (unpaired) electrons. The van der Waals surface area contributed by atoms with Crippen LogP contribution in [0.25, 0.3) is 0 Å². The van der Waals surface area contributed by atoms with Gasteiger partial charge in [0.1, 0.15) is 17.7 Å². The second kappa shape index (κ2) is 4.66. The summed E-state index contributed by atoms with van der Waals surface area (Å²) in [7, 11) is 0. The molecule has 2 aromatic rings. The number of hydrogen-bond donors (Lipinski definition) is 1. The van der Waals surface area contributed by atoms with E-state index in [1.54, 1.807) is 32.2 Å². The zero-order valence-electron chi connectivity index (χ0n) is 11.6. The van der Waals surface area contributed by atoms with Crippen LogP contribution in [0.3, 0.4) is 0 Å². The topological polar surface area (TPSA) is 76.9 Å². The zero-order valence-corrected chi connectivity index (χ0v) is 12.3. The smallest absolute Gasteiger partial charge is 0.271 e. The molecule has 21 heavy (non-hydrogen) atoms. The number of hydrogen-bond acceptors (Lipinski definition) is 4. The molecule has 0 aliphatic carbocycles. The summed E-state index contributed by atoms with van der Waals surface area (Å²) < 4.78 is 1.41. The van der Waals surface area contributed by atoms with Crippen LogP contribution < -0.4 is 10.9 Å². The Kier molecular flexibility index (Phi) is 3.06. The third-order valence-corrected chi connectivity index (χ3v) is 3.72.